The number of primary amides is 1. The molecule has 3 aromatic rings. The third-order valence-corrected chi connectivity index (χ3v) is 7.16. The highest BCUT2D eigenvalue weighted by Crippen LogP contribution is 2.44. The number of hydrogen-bond donors (Lipinski definition) is 2. The summed E-state index contributed by atoms with van der Waals surface area (Å²) in [5, 5.41) is 8.93. The van der Waals surface area contributed by atoms with Crippen molar-refractivity contribution in [3.05, 3.63) is 98.4 Å². The van der Waals surface area contributed by atoms with Gasteiger partial charge < -0.3 is 20.3 Å². The van der Waals surface area contributed by atoms with Gasteiger partial charge in [-0.15, -0.1) is 0 Å². The minimum Gasteiger partial charge on any atom is -0.494 e. The van der Waals surface area contributed by atoms with Crippen molar-refractivity contribution in [1.29, 1.82) is 0 Å². The largest absolute Gasteiger partial charge is 0.494 e. The van der Waals surface area contributed by atoms with Crippen LogP contribution in [0.2, 0.25) is 0 Å². The zero-order valence-electron chi connectivity index (χ0n) is 18.3. The zero-order chi connectivity index (χ0) is 24.1. The Balaban J connectivity index is 1.75. The van der Waals surface area contributed by atoms with Gasteiger partial charge in [-0.05, 0) is 42.0 Å². The molecule has 0 unspecified atom stereocenters. The molecule has 4 rings (SSSR count). The molecule has 0 fully saturated rings. The Hall–Kier alpha value is -2.68. The molecular weight excluding hydrogens is 564 g/mol. The van der Waals surface area contributed by atoms with Crippen molar-refractivity contribution in [1.82, 2.24) is 0 Å². The van der Waals surface area contributed by atoms with Crippen molar-refractivity contribution in [3.63, 3.8) is 0 Å². The van der Waals surface area contributed by atoms with E-state index in [1.165, 1.54) is 0 Å². The lowest BCUT2D eigenvalue weighted by Crippen LogP contribution is -2.47. The Kier molecular flexibility index (Phi) is 7.70. The maximum Gasteiger partial charge on any atom is 0.250 e. The van der Waals surface area contributed by atoms with Crippen LogP contribution in [0.4, 0.5) is 0 Å². The van der Waals surface area contributed by atoms with E-state index in [1.54, 1.807) is 0 Å². The minimum atomic E-state index is -1.35. The van der Waals surface area contributed by atoms with Gasteiger partial charge >= 0.3 is 0 Å². The van der Waals surface area contributed by atoms with E-state index >= 15 is 0 Å². The number of amides is 1. The fourth-order valence-electron chi connectivity index (χ4n) is 3.90. The molecule has 3 N–H and O–H groups in total. The van der Waals surface area contributed by atoms with Gasteiger partial charge in [0.2, 0.25) is 11.8 Å². The number of aliphatic hydroxyl groups excluding tert-OH is 1. The van der Waals surface area contributed by atoms with Crippen LogP contribution >= 0.6 is 31.9 Å². The number of nitrogens with zero attached hydrogens (tertiary/aromatic N) is 1. The number of benzene rings is 3. The molecule has 3 aromatic carbocycles. The van der Waals surface area contributed by atoms with E-state index < -0.39 is 17.6 Å². The zero-order valence-corrected chi connectivity index (χ0v) is 21.5. The fourth-order valence-corrected chi connectivity index (χ4v) is 4.82. The number of carbonyl (C=O) groups is 1. The van der Waals surface area contributed by atoms with Crippen LogP contribution in [-0.2, 0) is 16.0 Å². The summed E-state index contributed by atoms with van der Waals surface area (Å²) in [5.41, 5.74) is 7.10. The smallest absolute Gasteiger partial charge is 0.250 e. The maximum absolute atomic E-state index is 13.1. The molecular formula is C26H24Br2N2O4. The van der Waals surface area contributed by atoms with E-state index in [9.17, 15) is 4.79 Å². The van der Waals surface area contributed by atoms with E-state index in [-0.39, 0.29) is 13.0 Å². The number of nitrogens with two attached hydrogens (primary N) is 1. The molecule has 0 saturated heterocycles. The quantitative estimate of drug-likeness (QED) is 0.346. The van der Waals surface area contributed by atoms with Crippen LogP contribution in [0.5, 0.6) is 5.75 Å². The number of carbonyl (C=O) groups excluding carboxylic acids is 1. The topological polar surface area (TPSA) is 94.1 Å². The van der Waals surface area contributed by atoms with Crippen LogP contribution in [0.3, 0.4) is 0 Å². The van der Waals surface area contributed by atoms with Crippen LogP contribution in [0.1, 0.15) is 29.2 Å². The molecule has 0 radical (unpaired) electrons. The van der Waals surface area contributed by atoms with Crippen molar-refractivity contribution in [2.24, 2.45) is 10.7 Å². The van der Waals surface area contributed by atoms with E-state index in [0.717, 1.165) is 20.1 Å². The second kappa shape index (κ2) is 10.7. The molecule has 176 valence electrons. The van der Waals surface area contributed by atoms with E-state index in [4.69, 9.17) is 25.3 Å². The van der Waals surface area contributed by atoms with Crippen LogP contribution < -0.4 is 10.5 Å². The monoisotopic (exact) mass is 586 g/mol. The van der Waals surface area contributed by atoms with Crippen molar-refractivity contribution in [2.45, 2.75) is 24.5 Å². The van der Waals surface area contributed by atoms with Gasteiger partial charge in [-0.2, -0.15) is 0 Å². The van der Waals surface area contributed by atoms with Gasteiger partial charge in [0.25, 0.3) is 0 Å². The lowest BCUT2D eigenvalue weighted by atomic mass is 9.82. The fraction of sp³-hybridized carbons (Fsp3) is 0.231. The average molecular weight is 588 g/mol. The maximum atomic E-state index is 13.1. The van der Waals surface area contributed by atoms with Crippen LogP contribution in [0.25, 0.3) is 0 Å². The number of rotatable bonds is 9. The molecule has 0 aliphatic carbocycles. The summed E-state index contributed by atoms with van der Waals surface area (Å²) in [4.78, 5) is 17.9. The summed E-state index contributed by atoms with van der Waals surface area (Å²) in [7, 11) is 0. The summed E-state index contributed by atoms with van der Waals surface area (Å²) in [6.07, 6.45) is 0.103. The molecule has 1 heterocycles. The highest BCUT2D eigenvalue weighted by Gasteiger charge is 2.53. The molecule has 1 amide bonds. The minimum absolute atomic E-state index is 0.0753. The standard InChI is InChI=1S/C26H24Br2N2O4/c27-21-8-3-1-6-18(21)16-26(25(29)32)23(20-7-2-4-9-22(20)28)34-24(30-26)17-10-12-19(13-11-17)33-15-5-14-31/h1-4,6-13,23,31H,5,14-16H2,(H2,29,32)/t23-,26-/m1/s1. The van der Waals surface area contributed by atoms with E-state index in [2.05, 4.69) is 31.9 Å². The Morgan fingerprint density at radius 3 is 2.35 bits per heavy atom. The Morgan fingerprint density at radius 1 is 1.03 bits per heavy atom. The number of ether oxygens (including phenoxy) is 2. The summed E-state index contributed by atoms with van der Waals surface area (Å²) in [6.45, 7) is 0.500. The van der Waals surface area contributed by atoms with Gasteiger partial charge in [0, 0.05) is 39.5 Å². The molecule has 0 bridgehead atoms. The lowest BCUT2D eigenvalue weighted by molar-refractivity contribution is -0.125. The highest BCUT2D eigenvalue weighted by atomic mass is 79.9. The summed E-state index contributed by atoms with van der Waals surface area (Å²) < 4.78 is 13.7. The normalized spacial score (nSPS) is 19.4. The SMILES string of the molecule is NC(=O)[C@]1(Cc2ccccc2Br)N=C(c2ccc(OCCCO)cc2)O[C@@H]1c1ccccc1Br. The second-order valence-electron chi connectivity index (χ2n) is 7.94. The number of halogens is 2. The molecule has 1 aliphatic heterocycles. The first kappa shape index (κ1) is 24.4. The third kappa shape index (κ3) is 5.04. The van der Waals surface area contributed by atoms with E-state index in [1.807, 2.05) is 72.8 Å². The molecule has 6 nitrogen and oxygen atoms in total. The van der Waals surface area contributed by atoms with Gasteiger partial charge in [0.15, 0.2) is 11.6 Å². The van der Waals surface area contributed by atoms with Crippen molar-refractivity contribution < 1.29 is 19.4 Å². The molecule has 0 aromatic heterocycles. The lowest BCUT2D eigenvalue weighted by Gasteiger charge is -2.29. The first-order valence-corrected chi connectivity index (χ1v) is 12.4. The second-order valence-corrected chi connectivity index (χ2v) is 9.65. The van der Waals surface area contributed by atoms with E-state index in [0.29, 0.717) is 30.2 Å². The predicted molar refractivity (Wildman–Crippen MR) is 138 cm³/mol. The van der Waals surface area contributed by atoms with Gasteiger partial charge in [0.1, 0.15) is 5.75 Å². The number of aliphatic imine (C=N–C) groups is 1. The molecule has 0 saturated carbocycles. The summed E-state index contributed by atoms with van der Waals surface area (Å²) in [6, 6.07) is 22.6. The Labute approximate surface area is 215 Å². The first-order valence-electron chi connectivity index (χ1n) is 10.8. The molecule has 34 heavy (non-hydrogen) atoms. The van der Waals surface area contributed by atoms with Gasteiger partial charge in [-0.25, -0.2) is 4.99 Å². The highest BCUT2D eigenvalue weighted by molar-refractivity contribution is 9.10. The van der Waals surface area contributed by atoms with Crippen molar-refractivity contribution in [2.75, 3.05) is 13.2 Å². The van der Waals surface area contributed by atoms with Crippen molar-refractivity contribution >= 4 is 43.7 Å². The summed E-state index contributed by atoms with van der Waals surface area (Å²) in [5.74, 6) is 0.448. The number of aliphatic hydroxyl groups is 1. The molecule has 2 atom stereocenters. The number of hydrogen-bond acceptors (Lipinski definition) is 5. The van der Waals surface area contributed by atoms with Gasteiger partial charge in [0.05, 0.1) is 6.61 Å². The Bertz CT molecular complexity index is 1200. The summed E-state index contributed by atoms with van der Waals surface area (Å²) >= 11 is 7.18. The van der Waals surface area contributed by atoms with Gasteiger partial charge in [-0.1, -0.05) is 68.3 Å². The van der Waals surface area contributed by atoms with Crippen LogP contribution in [-0.4, -0.2) is 35.7 Å². The first-order chi connectivity index (χ1) is 16.4. The van der Waals surface area contributed by atoms with Crippen LogP contribution in [0, 0.1) is 0 Å². The predicted octanol–water partition coefficient (Wildman–Crippen LogP) is 4.96. The Morgan fingerprint density at radius 2 is 1.71 bits per heavy atom. The third-order valence-electron chi connectivity index (χ3n) is 5.67. The van der Waals surface area contributed by atoms with Crippen molar-refractivity contribution in [3.8, 4) is 5.75 Å². The van der Waals surface area contributed by atoms with Gasteiger partial charge in [-0.3, -0.25) is 4.79 Å². The molecule has 0 spiro atoms. The molecule has 1 aliphatic rings. The average Bonchev–Trinajstić information content (AvgIpc) is 3.22. The van der Waals surface area contributed by atoms with Crippen LogP contribution in [0.15, 0.2) is 86.7 Å². The molecule has 8 heteroatoms.